The summed E-state index contributed by atoms with van der Waals surface area (Å²) in [6, 6.07) is 6.56. The third-order valence-corrected chi connectivity index (χ3v) is 6.23. The van der Waals surface area contributed by atoms with Crippen molar-refractivity contribution in [2.45, 2.75) is 39.5 Å². The van der Waals surface area contributed by atoms with Gasteiger partial charge in [-0.3, -0.25) is 23.9 Å². The van der Waals surface area contributed by atoms with Crippen molar-refractivity contribution in [3.05, 3.63) is 47.8 Å². The van der Waals surface area contributed by atoms with Gasteiger partial charge in [0.2, 0.25) is 11.8 Å². The molecule has 3 amide bonds. The number of anilines is 1. The number of nitrogens with two attached hydrogens (primary N) is 1. The maximum absolute atomic E-state index is 12.8. The number of nitrogens with zero attached hydrogens (tertiary/aromatic N) is 3. The van der Waals surface area contributed by atoms with E-state index in [1.165, 1.54) is 0 Å². The van der Waals surface area contributed by atoms with E-state index < -0.39 is 11.3 Å². The number of Topliss-reactive ketones (excluding diaryl/α,β-unsaturated/α-hetero) is 1. The van der Waals surface area contributed by atoms with Crippen molar-refractivity contribution in [3.8, 4) is 0 Å². The molecule has 3 N–H and O–H groups in total. The van der Waals surface area contributed by atoms with Crippen LogP contribution < -0.4 is 11.1 Å². The first-order valence-corrected chi connectivity index (χ1v) is 11.1. The highest BCUT2D eigenvalue weighted by Gasteiger charge is 2.32. The zero-order chi connectivity index (χ0) is 24.2. The highest BCUT2D eigenvalue weighted by atomic mass is 16.2. The van der Waals surface area contributed by atoms with Crippen LogP contribution in [0.4, 0.5) is 5.69 Å². The molecule has 33 heavy (non-hydrogen) atoms. The van der Waals surface area contributed by atoms with Gasteiger partial charge < -0.3 is 16.0 Å². The van der Waals surface area contributed by atoms with Crippen molar-refractivity contribution in [1.82, 2.24) is 14.7 Å². The van der Waals surface area contributed by atoms with Crippen LogP contribution in [0, 0.1) is 11.3 Å². The largest absolute Gasteiger partial charge is 0.366 e. The minimum atomic E-state index is -0.824. The van der Waals surface area contributed by atoms with Gasteiger partial charge in [-0.2, -0.15) is 5.10 Å². The SMILES string of the molecule is Cn1cc(C(=O)C2CCN(C(=O)CCC(C)(C)C(=O)Nc3ccccc3C(N)=O)CC2)cn1. The second-order valence-corrected chi connectivity index (χ2v) is 9.17. The summed E-state index contributed by atoms with van der Waals surface area (Å²) in [5, 5.41) is 6.81. The summed E-state index contributed by atoms with van der Waals surface area (Å²) in [7, 11) is 1.77. The zero-order valence-corrected chi connectivity index (χ0v) is 19.3. The lowest BCUT2D eigenvalue weighted by atomic mass is 9.85. The molecule has 2 aromatic rings. The van der Waals surface area contributed by atoms with Crippen LogP contribution in [0.1, 0.15) is 60.2 Å². The molecule has 9 heteroatoms. The molecule has 1 saturated heterocycles. The molecule has 0 radical (unpaired) electrons. The van der Waals surface area contributed by atoms with Gasteiger partial charge in [0.05, 0.1) is 23.0 Å². The minimum Gasteiger partial charge on any atom is -0.366 e. The number of hydrogen-bond acceptors (Lipinski definition) is 5. The van der Waals surface area contributed by atoms with Gasteiger partial charge in [-0.15, -0.1) is 0 Å². The Kier molecular flexibility index (Phi) is 7.30. The molecule has 0 bridgehead atoms. The fourth-order valence-corrected chi connectivity index (χ4v) is 3.96. The average Bonchev–Trinajstić information content (AvgIpc) is 3.23. The number of aryl methyl sites for hydroxylation is 1. The Balaban J connectivity index is 1.50. The van der Waals surface area contributed by atoms with Crippen LogP contribution in [0.2, 0.25) is 0 Å². The number of likely N-dealkylation sites (tertiary alicyclic amines) is 1. The lowest BCUT2D eigenvalue weighted by molar-refractivity contribution is -0.133. The Morgan fingerprint density at radius 2 is 1.82 bits per heavy atom. The molecule has 3 rings (SSSR count). The number of rotatable bonds is 8. The normalized spacial score (nSPS) is 14.7. The lowest BCUT2D eigenvalue weighted by Gasteiger charge is -2.32. The van der Waals surface area contributed by atoms with Gasteiger partial charge in [0.15, 0.2) is 5.78 Å². The topological polar surface area (TPSA) is 127 Å². The van der Waals surface area contributed by atoms with Crippen molar-refractivity contribution in [2.24, 2.45) is 24.1 Å². The van der Waals surface area contributed by atoms with Crippen LogP contribution >= 0.6 is 0 Å². The molecule has 9 nitrogen and oxygen atoms in total. The van der Waals surface area contributed by atoms with E-state index in [1.807, 2.05) is 0 Å². The number of para-hydroxylation sites is 1. The first-order valence-electron chi connectivity index (χ1n) is 11.1. The molecule has 0 saturated carbocycles. The van der Waals surface area contributed by atoms with Crippen molar-refractivity contribution >= 4 is 29.2 Å². The Bertz CT molecular complexity index is 1050. The van der Waals surface area contributed by atoms with E-state index in [2.05, 4.69) is 10.4 Å². The van der Waals surface area contributed by atoms with E-state index in [-0.39, 0.29) is 35.5 Å². The summed E-state index contributed by atoms with van der Waals surface area (Å²) < 4.78 is 1.61. The molecule has 0 spiro atoms. The average molecular weight is 454 g/mol. The van der Waals surface area contributed by atoms with Gasteiger partial charge in [-0.05, 0) is 31.4 Å². The quantitative estimate of drug-likeness (QED) is 0.593. The predicted molar refractivity (Wildman–Crippen MR) is 123 cm³/mol. The number of primary amides is 1. The highest BCUT2D eigenvalue weighted by molar-refractivity contribution is 6.04. The summed E-state index contributed by atoms with van der Waals surface area (Å²) in [6.45, 7) is 4.57. The Hall–Kier alpha value is -3.49. The first-order chi connectivity index (χ1) is 15.6. The van der Waals surface area contributed by atoms with Crippen LogP contribution in [0.5, 0.6) is 0 Å². The highest BCUT2D eigenvalue weighted by Crippen LogP contribution is 2.28. The monoisotopic (exact) mass is 453 g/mol. The van der Waals surface area contributed by atoms with Crippen molar-refractivity contribution in [1.29, 1.82) is 0 Å². The van der Waals surface area contributed by atoms with Gasteiger partial charge in [0, 0.05) is 44.1 Å². The van der Waals surface area contributed by atoms with E-state index in [4.69, 9.17) is 5.73 Å². The maximum Gasteiger partial charge on any atom is 0.250 e. The molecule has 2 heterocycles. The number of benzene rings is 1. The van der Waals surface area contributed by atoms with Gasteiger partial charge >= 0.3 is 0 Å². The Morgan fingerprint density at radius 1 is 1.15 bits per heavy atom. The molecule has 0 atom stereocenters. The fraction of sp³-hybridized carbons (Fsp3) is 0.458. The third-order valence-electron chi connectivity index (χ3n) is 6.23. The van der Waals surface area contributed by atoms with E-state index in [1.54, 1.807) is 67.1 Å². The lowest BCUT2D eigenvalue weighted by Crippen LogP contribution is -2.41. The summed E-state index contributed by atoms with van der Waals surface area (Å²) in [4.78, 5) is 51.5. The third kappa shape index (κ3) is 5.85. The van der Waals surface area contributed by atoms with Crippen LogP contribution in [-0.2, 0) is 16.6 Å². The van der Waals surface area contributed by atoms with Crippen LogP contribution in [0.25, 0.3) is 0 Å². The van der Waals surface area contributed by atoms with E-state index in [9.17, 15) is 19.2 Å². The zero-order valence-electron chi connectivity index (χ0n) is 19.3. The van der Waals surface area contributed by atoms with Crippen molar-refractivity contribution in [3.63, 3.8) is 0 Å². The number of amides is 3. The molecule has 1 aliphatic heterocycles. The first kappa shape index (κ1) is 24.2. The molecule has 1 aromatic carbocycles. The van der Waals surface area contributed by atoms with Gasteiger partial charge in [0.25, 0.3) is 5.91 Å². The predicted octanol–water partition coefficient (Wildman–Crippen LogP) is 2.39. The van der Waals surface area contributed by atoms with E-state index >= 15 is 0 Å². The summed E-state index contributed by atoms with van der Waals surface area (Å²) in [5.41, 5.74) is 5.75. The van der Waals surface area contributed by atoms with Crippen LogP contribution in [-0.4, -0.2) is 51.3 Å². The number of carbonyl (C=O) groups is 4. The Labute approximate surface area is 193 Å². The molecule has 1 aliphatic rings. The van der Waals surface area contributed by atoms with Crippen LogP contribution in [0.3, 0.4) is 0 Å². The molecule has 1 fully saturated rings. The summed E-state index contributed by atoms with van der Waals surface area (Å²) in [5.74, 6) is -0.968. The van der Waals surface area contributed by atoms with E-state index in [0.29, 0.717) is 43.6 Å². The fourth-order valence-electron chi connectivity index (χ4n) is 3.96. The summed E-state index contributed by atoms with van der Waals surface area (Å²) in [6.07, 6.45) is 5.11. The molecular formula is C24H31N5O4. The molecule has 176 valence electrons. The standard InChI is InChI=1S/C24H31N5O4/c1-24(2,23(33)27-19-7-5-4-6-18(19)22(25)32)11-8-20(30)29-12-9-16(10-13-29)21(31)17-14-26-28(3)15-17/h4-7,14-16H,8-13H2,1-3H3,(H2,25,32)(H,27,33). The van der Waals surface area contributed by atoms with Gasteiger partial charge in [-0.25, -0.2) is 0 Å². The van der Waals surface area contributed by atoms with Crippen LogP contribution in [0.15, 0.2) is 36.7 Å². The second-order valence-electron chi connectivity index (χ2n) is 9.17. The van der Waals surface area contributed by atoms with Gasteiger partial charge in [-0.1, -0.05) is 26.0 Å². The molecule has 1 aromatic heterocycles. The summed E-state index contributed by atoms with van der Waals surface area (Å²) >= 11 is 0. The number of aromatic nitrogens is 2. The molecular weight excluding hydrogens is 422 g/mol. The number of ketones is 1. The van der Waals surface area contributed by atoms with Crippen molar-refractivity contribution in [2.75, 3.05) is 18.4 Å². The number of hydrogen-bond donors (Lipinski definition) is 2. The number of piperidine rings is 1. The maximum atomic E-state index is 12.8. The Morgan fingerprint density at radius 3 is 2.42 bits per heavy atom. The van der Waals surface area contributed by atoms with E-state index in [0.717, 1.165) is 0 Å². The minimum absolute atomic E-state index is 0.0271. The van der Waals surface area contributed by atoms with Crippen molar-refractivity contribution < 1.29 is 19.2 Å². The number of nitrogens with one attached hydrogen (secondary N) is 1. The molecule has 0 aliphatic carbocycles. The molecule has 0 unspecified atom stereocenters. The number of carbonyl (C=O) groups excluding carboxylic acids is 4. The van der Waals surface area contributed by atoms with Gasteiger partial charge in [0.1, 0.15) is 0 Å². The second kappa shape index (κ2) is 9.97. The smallest absolute Gasteiger partial charge is 0.250 e.